The Morgan fingerprint density at radius 1 is 1.31 bits per heavy atom. The molecule has 0 aliphatic heterocycles. The Hall–Kier alpha value is -0.980. The molecule has 0 aliphatic rings. The maximum absolute atomic E-state index is 5.58. The van der Waals surface area contributed by atoms with Gasteiger partial charge in [0.1, 0.15) is 5.75 Å². The van der Waals surface area contributed by atoms with Crippen molar-refractivity contribution in [2.24, 2.45) is 0 Å². The number of rotatable bonds is 3. The van der Waals surface area contributed by atoms with Gasteiger partial charge in [0.25, 0.3) is 0 Å². The van der Waals surface area contributed by atoms with Crippen LogP contribution in [0.1, 0.15) is 37.8 Å². The van der Waals surface area contributed by atoms with E-state index >= 15 is 0 Å². The zero-order valence-electron chi connectivity index (χ0n) is 8.92. The lowest BCUT2D eigenvalue weighted by atomic mass is 10.0. The average molecular weight is 178 g/mol. The third-order valence-corrected chi connectivity index (χ3v) is 2.09. The summed E-state index contributed by atoms with van der Waals surface area (Å²) in [7, 11) is 0. The van der Waals surface area contributed by atoms with Gasteiger partial charge in [0.2, 0.25) is 0 Å². The number of aryl methyl sites for hydroxylation is 1. The van der Waals surface area contributed by atoms with E-state index in [0.717, 1.165) is 12.4 Å². The van der Waals surface area contributed by atoms with Crippen molar-refractivity contribution in [2.75, 3.05) is 6.61 Å². The Bertz CT molecular complexity index is 276. The van der Waals surface area contributed by atoms with Crippen LogP contribution in [0.3, 0.4) is 0 Å². The van der Waals surface area contributed by atoms with Crippen molar-refractivity contribution >= 4 is 0 Å². The Morgan fingerprint density at radius 2 is 2.00 bits per heavy atom. The van der Waals surface area contributed by atoms with E-state index in [0.29, 0.717) is 5.92 Å². The van der Waals surface area contributed by atoms with Crippen LogP contribution in [0, 0.1) is 6.92 Å². The summed E-state index contributed by atoms with van der Waals surface area (Å²) in [5.41, 5.74) is 2.56. The van der Waals surface area contributed by atoms with Gasteiger partial charge in [0.05, 0.1) is 6.61 Å². The molecule has 0 radical (unpaired) electrons. The summed E-state index contributed by atoms with van der Waals surface area (Å²) in [6.45, 7) is 9.22. The SMILES string of the molecule is CCOc1cc(C)ccc1C(C)C. The molecule has 0 saturated carbocycles. The van der Waals surface area contributed by atoms with Gasteiger partial charge in [-0.1, -0.05) is 26.0 Å². The molecule has 13 heavy (non-hydrogen) atoms. The van der Waals surface area contributed by atoms with E-state index in [1.165, 1.54) is 11.1 Å². The standard InChI is InChI=1S/C12H18O/c1-5-13-12-8-10(4)6-7-11(12)9(2)3/h6-9H,5H2,1-4H3. The van der Waals surface area contributed by atoms with Crippen molar-refractivity contribution < 1.29 is 4.74 Å². The van der Waals surface area contributed by atoms with Gasteiger partial charge in [-0.3, -0.25) is 0 Å². The van der Waals surface area contributed by atoms with Gasteiger partial charge >= 0.3 is 0 Å². The van der Waals surface area contributed by atoms with Crippen LogP contribution in [-0.4, -0.2) is 6.61 Å². The molecule has 0 saturated heterocycles. The van der Waals surface area contributed by atoms with Crippen LogP contribution in [0.5, 0.6) is 5.75 Å². The summed E-state index contributed by atoms with van der Waals surface area (Å²) >= 11 is 0. The molecular formula is C12H18O. The highest BCUT2D eigenvalue weighted by atomic mass is 16.5. The molecule has 0 spiro atoms. The van der Waals surface area contributed by atoms with Crippen LogP contribution < -0.4 is 4.74 Å². The molecule has 0 amide bonds. The molecule has 0 N–H and O–H groups in total. The van der Waals surface area contributed by atoms with E-state index in [-0.39, 0.29) is 0 Å². The van der Waals surface area contributed by atoms with Crippen LogP contribution in [0.4, 0.5) is 0 Å². The van der Waals surface area contributed by atoms with Crippen molar-refractivity contribution in [3.05, 3.63) is 29.3 Å². The zero-order chi connectivity index (χ0) is 9.84. The second-order valence-corrected chi connectivity index (χ2v) is 3.63. The van der Waals surface area contributed by atoms with E-state index in [1.807, 2.05) is 6.92 Å². The molecule has 1 heteroatoms. The lowest BCUT2D eigenvalue weighted by Crippen LogP contribution is -1.98. The van der Waals surface area contributed by atoms with Gasteiger partial charge in [-0.2, -0.15) is 0 Å². The van der Waals surface area contributed by atoms with E-state index < -0.39 is 0 Å². The summed E-state index contributed by atoms with van der Waals surface area (Å²) in [5.74, 6) is 1.57. The lowest BCUT2D eigenvalue weighted by Gasteiger charge is -2.13. The third-order valence-electron chi connectivity index (χ3n) is 2.09. The van der Waals surface area contributed by atoms with Crippen molar-refractivity contribution in [1.82, 2.24) is 0 Å². The monoisotopic (exact) mass is 178 g/mol. The molecule has 0 bridgehead atoms. The first-order chi connectivity index (χ1) is 6.15. The molecule has 1 nitrogen and oxygen atoms in total. The molecular weight excluding hydrogens is 160 g/mol. The highest BCUT2D eigenvalue weighted by molar-refractivity contribution is 5.38. The molecule has 72 valence electrons. The normalized spacial score (nSPS) is 10.5. The zero-order valence-corrected chi connectivity index (χ0v) is 8.92. The van der Waals surface area contributed by atoms with Gasteiger partial charge in [-0.05, 0) is 37.0 Å². The minimum Gasteiger partial charge on any atom is -0.494 e. The van der Waals surface area contributed by atoms with Crippen molar-refractivity contribution in [3.63, 3.8) is 0 Å². The number of hydrogen-bond acceptors (Lipinski definition) is 1. The fraction of sp³-hybridized carbons (Fsp3) is 0.500. The topological polar surface area (TPSA) is 9.23 Å². The van der Waals surface area contributed by atoms with Gasteiger partial charge < -0.3 is 4.74 Å². The predicted molar refractivity (Wildman–Crippen MR) is 56.4 cm³/mol. The first-order valence-corrected chi connectivity index (χ1v) is 4.88. The van der Waals surface area contributed by atoms with Gasteiger partial charge in [0.15, 0.2) is 0 Å². The predicted octanol–water partition coefficient (Wildman–Crippen LogP) is 3.52. The molecule has 0 heterocycles. The lowest BCUT2D eigenvalue weighted by molar-refractivity contribution is 0.335. The highest BCUT2D eigenvalue weighted by Gasteiger charge is 2.06. The summed E-state index contributed by atoms with van der Waals surface area (Å²) < 4.78 is 5.58. The number of benzene rings is 1. The minimum atomic E-state index is 0.530. The molecule has 1 aromatic carbocycles. The van der Waals surface area contributed by atoms with Gasteiger partial charge in [-0.25, -0.2) is 0 Å². The Balaban J connectivity index is 3.03. The largest absolute Gasteiger partial charge is 0.494 e. The molecule has 0 aromatic heterocycles. The van der Waals surface area contributed by atoms with Crippen molar-refractivity contribution in [2.45, 2.75) is 33.6 Å². The van der Waals surface area contributed by atoms with E-state index in [1.54, 1.807) is 0 Å². The average Bonchev–Trinajstić information content (AvgIpc) is 2.04. The maximum atomic E-state index is 5.58. The smallest absolute Gasteiger partial charge is 0.122 e. The van der Waals surface area contributed by atoms with E-state index in [4.69, 9.17) is 4.74 Å². The first-order valence-electron chi connectivity index (χ1n) is 4.88. The molecule has 0 fully saturated rings. The van der Waals surface area contributed by atoms with Crippen LogP contribution >= 0.6 is 0 Å². The van der Waals surface area contributed by atoms with Crippen LogP contribution in [0.2, 0.25) is 0 Å². The fourth-order valence-electron chi connectivity index (χ4n) is 1.40. The summed E-state index contributed by atoms with van der Waals surface area (Å²) in [6, 6.07) is 6.40. The van der Waals surface area contributed by atoms with Gasteiger partial charge in [0, 0.05) is 0 Å². The molecule has 1 rings (SSSR count). The summed E-state index contributed by atoms with van der Waals surface area (Å²) in [5, 5.41) is 0. The van der Waals surface area contributed by atoms with Crippen molar-refractivity contribution in [3.8, 4) is 5.75 Å². The van der Waals surface area contributed by atoms with E-state index in [9.17, 15) is 0 Å². The minimum absolute atomic E-state index is 0.530. The first kappa shape index (κ1) is 10.1. The summed E-state index contributed by atoms with van der Waals surface area (Å²) in [4.78, 5) is 0. The van der Waals surface area contributed by atoms with Crippen LogP contribution in [0.15, 0.2) is 18.2 Å². The van der Waals surface area contributed by atoms with Crippen LogP contribution in [0.25, 0.3) is 0 Å². The molecule has 0 unspecified atom stereocenters. The van der Waals surface area contributed by atoms with Crippen LogP contribution in [-0.2, 0) is 0 Å². The molecule has 0 atom stereocenters. The Labute approximate surface area is 80.7 Å². The van der Waals surface area contributed by atoms with Gasteiger partial charge in [-0.15, -0.1) is 0 Å². The third kappa shape index (κ3) is 2.48. The number of ether oxygens (including phenoxy) is 1. The molecule has 1 aromatic rings. The summed E-state index contributed by atoms with van der Waals surface area (Å²) in [6.07, 6.45) is 0. The quantitative estimate of drug-likeness (QED) is 0.688. The highest BCUT2D eigenvalue weighted by Crippen LogP contribution is 2.27. The Kier molecular flexibility index (Phi) is 3.35. The second-order valence-electron chi connectivity index (χ2n) is 3.63. The number of hydrogen-bond donors (Lipinski definition) is 0. The maximum Gasteiger partial charge on any atom is 0.122 e. The second kappa shape index (κ2) is 4.31. The molecule has 0 aliphatic carbocycles. The van der Waals surface area contributed by atoms with Crippen molar-refractivity contribution in [1.29, 1.82) is 0 Å². The Morgan fingerprint density at radius 3 is 2.54 bits per heavy atom. The van der Waals surface area contributed by atoms with E-state index in [2.05, 4.69) is 39.0 Å². The fourth-order valence-corrected chi connectivity index (χ4v) is 1.40.